The minimum absolute atomic E-state index is 0.125. The molecule has 1 saturated carbocycles. The van der Waals surface area contributed by atoms with Crippen molar-refractivity contribution in [2.75, 3.05) is 17.2 Å². The first-order valence-corrected chi connectivity index (χ1v) is 8.18. The van der Waals surface area contributed by atoms with Crippen LogP contribution in [0, 0.1) is 17.7 Å². The van der Waals surface area contributed by atoms with Crippen molar-refractivity contribution in [1.29, 1.82) is 0 Å². The summed E-state index contributed by atoms with van der Waals surface area (Å²) in [6, 6.07) is 13.1. The molecule has 0 heterocycles. The molecule has 2 atom stereocenters. The summed E-state index contributed by atoms with van der Waals surface area (Å²) in [4.78, 5) is 24.5. The molecule has 130 valence electrons. The number of nitrogens with one attached hydrogen (secondary N) is 2. The van der Waals surface area contributed by atoms with Gasteiger partial charge >= 0.3 is 0 Å². The summed E-state index contributed by atoms with van der Waals surface area (Å²) in [7, 11) is 0. The predicted octanol–water partition coefficient (Wildman–Crippen LogP) is 3.44. The normalized spacial score (nSPS) is 18.3. The van der Waals surface area contributed by atoms with Gasteiger partial charge in [0.05, 0.1) is 29.8 Å². The number of carbonyl (C=O) groups is 2. The van der Waals surface area contributed by atoms with Gasteiger partial charge < -0.3 is 15.4 Å². The minimum atomic E-state index is -0.497. The molecule has 3 rings (SSSR count). The van der Waals surface area contributed by atoms with Crippen LogP contribution in [0.4, 0.5) is 15.8 Å². The van der Waals surface area contributed by atoms with E-state index in [9.17, 15) is 14.0 Å². The summed E-state index contributed by atoms with van der Waals surface area (Å²) in [5.41, 5.74) is 0.703. The Morgan fingerprint density at radius 1 is 1.00 bits per heavy atom. The average molecular weight is 342 g/mol. The molecular weight excluding hydrogens is 323 g/mol. The predicted molar refractivity (Wildman–Crippen MR) is 92.9 cm³/mol. The molecule has 2 unspecified atom stereocenters. The Labute approximate surface area is 145 Å². The molecule has 0 aliphatic heterocycles. The van der Waals surface area contributed by atoms with Crippen molar-refractivity contribution in [1.82, 2.24) is 0 Å². The number of rotatable bonds is 6. The maximum atomic E-state index is 13.6. The van der Waals surface area contributed by atoms with Crippen LogP contribution in [0.25, 0.3) is 0 Å². The van der Waals surface area contributed by atoms with Crippen LogP contribution < -0.4 is 15.4 Å². The van der Waals surface area contributed by atoms with Gasteiger partial charge in [0.25, 0.3) is 0 Å². The smallest absolute Gasteiger partial charge is 0.228 e. The zero-order valence-corrected chi connectivity index (χ0v) is 13.8. The number of ether oxygens (including phenoxy) is 1. The first-order valence-electron chi connectivity index (χ1n) is 8.18. The van der Waals surface area contributed by atoms with E-state index in [2.05, 4.69) is 10.6 Å². The quantitative estimate of drug-likeness (QED) is 0.845. The summed E-state index contributed by atoms with van der Waals surface area (Å²) < 4.78 is 19.1. The van der Waals surface area contributed by atoms with Gasteiger partial charge in [-0.1, -0.05) is 24.3 Å². The van der Waals surface area contributed by atoms with E-state index < -0.39 is 17.7 Å². The zero-order chi connectivity index (χ0) is 17.8. The fourth-order valence-electron chi connectivity index (χ4n) is 2.64. The van der Waals surface area contributed by atoms with Crippen LogP contribution in [-0.2, 0) is 9.59 Å². The van der Waals surface area contributed by atoms with E-state index in [4.69, 9.17) is 4.74 Å². The SMILES string of the molecule is CCOc1ccccc1NC(=O)C1CC1C(=O)Nc1ccccc1F. The van der Waals surface area contributed by atoms with Crippen molar-refractivity contribution in [2.24, 2.45) is 11.8 Å². The Balaban J connectivity index is 1.59. The Hall–Kier alpha value is -2.89. The number of anilines is 2. The third kappa shape index (κ3) is 3.96. The number of benzene rings is 2. The van der Waals surface area contributed by atoms with E-state index >= 15 is 0 Å². The molecule has 1 fully saturated rings. The minimum Gasteiger partial charge on any atom is -0.492 e. The fraction of sp³-hybridized carbons (Fsp3) is 0.263. The lowest BCUT2D eigenvalue weighted by atomic mass is 10.2. The second-order valence-corrected chi connectivity index (χ2v) is 5.84. The van der Waals surface area contributed by atoms with Crippen LogP contribution in [-0.4, -0.2) is 18.4 Å². The van der Waals surface area contributed by atoms with Gasteiger partial charge in [-0.15, -0.1) is 0 Å². The lowest BCUT2D eigenvalue weighted by molar-refractivity contribution is -0.122. The average Bonchev–Trinajstić information content (AvgIpc) is 3.40. The molecule has 2 aromatic rings. The summed E-state index contributed by atoms with van der Waals surface area (Å²) in [6.45, 7) is 2.35. The summed E-state index contributed by atoms with van der Waals surface area (Å²) >= 11 is 0. The standard InChI is InChI=1S/C19H19FN2O3/c1-2-25-17-10-6-5-9-16(17)22-19(24)13-11-12(13)18(23)21-15-8-4-3-7-14(15)20/h3-10,12-13H,2,11H2,1H3,(H,21,23)(H,22,24). The summed E-state index contributed by atoms with van der Waals surface area (Å²) in [6.07, 6.45) is 0.447. The molecule has 0 radical (unpaired) electrons. The summed E-state index contributed by atoms with van der Waals surface area (Å²) in [5, 5.41) is 5.33. The second-order valence-electron chi connectivity index (χ2n) is 5.84. The lowest BCUT2D eigenvalue weighted by Gasteiger charge is -2.11. The van der Waals surface area contributed by atoms with Gasteiger partial charge in [-0.25, -0.2) is 4.39 Å². The number of hydrogen-bond donors (Lipinski definition) is 2. The number of hydrogen-bond acceptors (Lipinski definition) is 3. The molecule has 25 heavy (non-hydrogen) atoms. The molecule has 0 bridgehead atoms. The third-order valence-electron chi connectivity index (χ3n) is 4.04. The molecule has 1 aliphatic rings. The first kappa shape index (κ1) is 17.0. The lowest BCUT2D eigenvalue weighted by Crippen LogP contribution is -2.21. The molecule has 1 aliphatic carbocycles. The topological polar surface area (TPSA) is 67.4 Å². The molecule has 2 amide bonds. The number of carbonyl (C=O) groups excluding carboxylic acids is 2. The molecule has 5 nitrogen and oxygen atoms in total. The maximum Gasteiger partial charge on any atom is 0.228 e. The van der Waals surface area contributed by atoms with Gasteiger partial charge in [-0.2, -0.15) is 0 Å². The van der Waals surface area contributed by atoms with E-state index in [0.29, 0.717) is 24.5 Å². The maximum absolute atomic E-state index is 13.6. The molecule has 0 saturated heterocycles. The fourth-order valence-corrected chi connectivity index (χ4v) is 2.64. The highest BCUT2D eigenvalue weighted by Gasteiger charge is 2.48. The van der Waals surface area contributed by atoms with Crippen LogP contribution in [0.3, 0.4) is 0 Å². The van der Waals surface area contributed by atoms with E-state index in [-0.39, 0.29) is 17.5 Å². The number of para-hydroxylation sites is 3. The van der Waals surface area contributed by atoms with Crippen molar-refractivity contribution in [2.45, 2.75) is 13.3 Å². The third-order valence-corrected chi connectivity index (χ3v) is 4.04. The summed E-state index contributed by atoms with van der Waals surface area (Å²) in [5.74, 6) is -1.35. The van der Waals surface area contributed by atoms with Crippen molar-refractivity contribution < 1.29 is 18.7 Å². The Morgan fingerprint density at radius 3 is 2.20 bits per heavy atom. The van der Waals surface area contributed by atoms with Crippen molar-refractivity contribution in [3.8, 4) is 5.75 Å². The van der Waals surface area contributed by atoms with Crippen LogP contribution >= 0.6 is 0 Å². The number of halogens is 1. The van der Waals surface area contributed by atoms with Crippen LogP contribution in [0.2, 0.25) is 0 Å². The van der Waals surface area contributed by atoms with Gasteiger partial charge in [-0.05, 0) is 37.6 Å². The molecule has 2 N–H and O–H groups in total. The molecule has 0 aromatic heterocycles. The van der Waals surface area contributed by atoms with Crippen LogP contribution in [0.15, 0.2) is 48.5 Å². The monoisotopic (exact) mass is 342 g/mol. The van der Waals surface area contributed by atoms with Crippen molar-refractivity contribution in [3.63, 3.8) is 0 Å². The van der Waals surface area contributed by atoms with Crippen LogP contribution in [0.1, 0.15) is 13.3 Å². The van der Waals surface area contributed by atoms with E-state index in [1.54, 1.807) is 30.3 Å². The largest absolute Gasteiger partial charge is 0.492 e. The number of amides is 2. The van der Waals surface area contributed by atoms with E-state index in [1.807, 2.05) is 13.0 Å². The van der Waals surface area contributed by atoms with Gasteiger partial charge in [0, 0.05) is 0 Å². The molecule has 2 aromatic carbocycles. The second kappa shape index (κ2) is 7.34. The zero-order valence-electron chi connectivity index (χ0n) is 13.8. The first-order chi connectivity index (χ1) is 12.1. The van der Waals surface area contributed by atoms with Gasteiger partial charge in [0.1, 0.15) is 11.6 Å². The molecule has 6 heteroatoms. The van der Waals surface area contributed by atoms with Crippen molar-refractivity contribution >= 4 is 23.2 Å². The van der Waals surface area contributed by atoms with Crippen molar-refractivity contribution in [3.05, 3.63) is 54.3 Å². The van der Waals surface area contributed by atoms with Gasteiger partial charge in [0.15, 0.2) is 0 Å². The van der Waals surface area contributed by atoms with E-state index in [1.165, 1.54) is 12.1 Å². The Kier molecular flexibility index (Phi) is 4.97. The van der Waals surface area contributed by atoms with Gasteiger partial charge in [0.2, 0.25) is 11.8 Å². The van der Waals surface area contributed by atoms with Gasteiger partial charge in [-0.3, -0.25) is 9.59 Å². The van der Waals surface area contributed by atoms with Crippen LogP contribution in [0.5, 0.6) is 5.75 Å². The highest BCUT2D eigenvalue weighted by atomic mass is 19.1. The highest BCUT2D eigenvalue weighted by molar-refractivity contribution is 6.03. The Bertz CT molecular complexity index is 794. The molecule has 0 spiro atoms. The highest BCUT2D eigenvalue weighted by Crippen LogP contribution is 2.41. The molecular formula is C19H19FN2O3. The Morgan fingerprint density at radius 2 is 1.56 bits per heavy atom. The van der Waals surface area contributed by atoms with E-state index in [0.717, 1.165) is 0 Å².